The second-order valence-corrected chi connectivity index (χ2v) is 3.94. The van der Waals surface area contributed by atoms with E-state index in [2.05, 4.69) is 20.2 Å². The number of imidazole rings is 1. The van der Waals surface area contributed by atoms with E-state index in [-0.39, 0.29) is 0 Å². The summed E-state index contributed by atoms with van der Waals surface area (Å²) >= 11 is 0. The van der Waals surface area contributed by atoms with Crippen molar-refractivity contribution in [1.82, 2.24) is 29.3 Å². The molecule has 92 valence electrons. The summed E-state index contributed by atoms with van der Waals surface area (Å²) in [7, 11) is 0. The molecule has 0 amide bonds. The van der Waals surface area contributed by atoms with Gasteiger partial charge in [-0.2, -0.15) is 0 Å². The number of nitrogen functional groups attached to an aromatic ring is 1. The average Bonchev–Trinajstić information content (AvgIpc) is 2.95. The Morgan fingerprint density at radius 3 is 3.11 bits per heavy atom. The van der Waals surface area contributed by atoms with Gasteiger partial charge in [0.2, 0.25) is 5.95 Å². The van der Waals surface area contributed by atoms with Crippen LogP contribution in [0.15, 0.2) is 24.7 Å². The summed E-state index contributed by atoms with van der Waals surface area (Å²) in [6.07, 6.45) is 3.43. The number of rotatable bonds is 3. The molecule has 18 heavy (non-hydrogen) atoms. The molecular weight excluding hydrogens is 230 g/mol. The van der Waals surface area contributed by atoms with Crippen LogP contribution >= 0.6 is 0 Å². The molecule has 0 bridgehead atoms. The topological polar surface area (TPSA) is 87.4 Å². The molecule has 3 rings (SSSR count). The average molecular weight is 243 g/mol. The molecule has 0 atom stereocenters. The van der Waals surface area contributed by atoms with Gasteiger partial charge in [-0.25, -0.2) is 9.97 Å². The first kappa shape index (κ1) is 10.7. The van der Waals surface area contributed by atoms with Crippen molar-refractivity contribution in [2.24, 2.45) is 0 Å². The molecule has 0 spiro atoms. The lowest BCUT2D eigenvalue weighted by molar-refractivity contribution is 0.661. The predicted octanol–water partition coefficient (Wildman–Crippen LogP) is 0.673. The van der Waals surface area contributed by atoms with Gasteiger partial charge in [0.25, 0.3) is 0 Å². The van der Waals surface area contributed by atoms with Crippen LogP contribution in [0.5, 0.6) is 0 Å². The predicted molar refractivity (Wildman–Crippen MR) is 66.7 cm³/mol. The molecule has 0 radical (unpaired) electrons. The van der Waals surface area contributed by atoms with Gasteiger partial charge in [0, 0.05) is 12.7 Å². The molecule has 0 saturated carbocycles. The van der Waals surface area contributed by atoms with Crippen molar-refractivity contribution < 1.29 is 0 Å². The fraction of sp³-hybridized carbons (Fsp3) is 0.273. The lowest BCUT2D eigenvalue weighted by Crippen LogP contribution is -2.10. The minimum Gasteiger partial charge on any atom is -0.369 e. The zero-order valence-electron chi connectivity index (χ0n) is 9.98. The minimum atomic E-state index is 0.439. The molecule has 0 aromatic carbocycles. The Balaban J connectivity index is 2.07. The van der Waals surface area contributed by atoms with Crippen LogP contribution in [-0.2, 0) is 13.1 Å². The van der Waals surface area contributed by atoms with Crippen LogP contribution in [0.4, 0.5) is 5.95 Å². The number of anilines is 1. The summed E-state index contributed by atoms with van der Waals surface area (Å²) in [5.74, 6) is 1.28. The van der Waals surface area contributed by atoms with Crippen LogP contribution in [-0.4, -0.2) is 29.3 Å². The van der Waals surface area contributed by atoms with Crippen molar-refractivity contribution in [3.63, 3.8) is 0 Å². The highest BCUT2D eigenvalue weighted by atomic mass is 15.3. The van der Waals surface area contributed by atoms with Crippen molar-refractivity contribution in [2.45, 2.75) is 20.0 Å². The van der Waals surface area contributed by atoms with Gasteiger partial charge in [-0.1, -0.05) is 0 Å². The molecule has 3 heterocycles. The van der Waals surface area contributed by atoms with Crippen molar-refractivity contribution in [1.29, 1.82) is 0 Å². The molecule has 0 aliphatic heterocycles. The molecule has 0 unspecified atom stereocenters. The maximum atomic E-state index is 5.92. The normalized spacial score (nSPS) is 11.2. The van der Waals surface area contributed by atoms with Crippen molar-refractivity contribution in [3.8, 4) is 0 Å². The Morgan fingerprint density at radius 1 is 1.39 bits per heavy atom. The van der Waals surface area contributed by atoms with Crippen LogP contribution < -0.4 is 5.73 Å². The number of pyridine rings is 1. The molecule has 7 heteroatoms. The number of nitrogens with zero attached hydrogens (tertiary/aromatic N) is 6. The van der Waals surface area contributed by atoms with Gasteiger partial charge >= 0.3 is 0 Å². The summed E-state index contributed by atoms with van der Waals surface area (Å²) in [5, 5.41) is 7.99. The Kier molecular flexibility index (Phi) is 2.44. The number of aryl methyl sites for hydroxylation is 1. The zero-order valence-corrected chi connectivity index (χ0v) is 9.98. The van der Waals surface area contributed by atoms with Gasteiger partial charge in [-0.3, -0.25) is 4.57 Å². The Labute approximate surface area is 103 Å². The second kappa shape index (κ2) is 4.10. The first-order valence-electron chi connectivity index (χ1n) is 5.73. The van der Waals surface area contributed by atoms with E-state index in [4.69, 9.17) is 5.73 Å². The second-order valence-electron chi connectivity index (χ2n) is 3.94. The monoisotopic (exact) mass is 243 g/mol. The minimum absolute atomic E-state index is 0.439. The fourth-order valence-electron chi connectivity index (χ4n) is 1.94. The quantitative estimate of drug-likeness (QED) is 0.730. The van der Waals surface area contributed by atoms with Gasteiger partial charge in [0.1, 0.15) is 11.8 Å². The van der Waals surface area contributed by atoms with Crippen molar-refractivity contribution >= 4 is 17.1 Å². The fourth-order valence-corrected chi connectivity index (χ4v) is 1.94. The third kappa shape index (κ3) is 1.60. The highest BCUT2D eigenvalue weighted by Crippen LogP contribution is 2.16. The van der Waals surface area contributed by atoms with Crippen molar-refractivity contribution in [2.75, 3.05) is 5.73 Å². The van der Waals surface area contributed by atoms with Crippen LogP contribution in [0, 0.1) is 0 Å². The van der Waals surface area contributed by atoms with Crippen molar-refractivity contribution in [3.05, 3.63) is 30.5 Å². The Bertz CT molecular complexity index is 682. The number of hydrogen-bond donors (Lipinski definition) is 1. The van der Waals surface area contributed by atoms with E-state index >= 15 is 0 Å². The van der Waals surface area contributed by atoms with E-state index in [0.717, 1.165) is 23.5 Å². The van der Waals surface area contributed by atoms with Crippen LogP contribution in [0.3, 0.4) is 0 Å². The van der Waals surface area contributed by atoms with E-state index in [1.165, 1.54) is 0 Å². The summed E-state index contributed by atoms with van der Waals surface area (Å²) in [6, 6.07) is 3.73. The van der Waals surface area contributed by atoms with Gasteiger partial charge in [0.15, 0.2) is 11.5 Å². The lowest BCUT2D eigenvalue weighted by atomic mass is 10.4. The molecule has 0 saturated heterocycles. The molecular formula is C11H13N7. The molecule has 0 aliphatic rings. The van der Waals surface area contributed by atoms with Gasteiger partial charge in [0.05, 0.1) is 6.54 Å². The number of nitrogens with two attached hydrogens (primary N) is 1. The third-order valence-electron chi connectivity index (χ3n) is 2.87. The van der Waals surface area contributed by atoms with E-state index < -0.39 is 0 Å². The molecule has 3 aromatic heterocycles. The lowest BCUT2D eigenvalue weighted by Gasteiger charge is -2.06. The maximum absolute atomic E-state index is 5.92. The summed E-state index contributed by atoms with van der Waals surface area (Å²) in [6.45, 7) is 3.38. The number of aromatic nitrogens is 6. The van der Waals surface area contributed by atoms with Crippen LogP contribution in [0.25, 0.3) is 11.2 Å². The maximum Gasteiger partial charge on any atom is 0.202 e. The highest BCUT2D eigenvalue weighted by molar-refractivity contribution is 5.73. The Morgan fingerprint density at radius 2 is 2.28 bits per heavy atom. The molecule has 0 fully saturated rings. The van der Waals surface area contributed by atoms with E-state index in [1.54, 1.807) is 12.5 Å². The van der Waals surface area contributed by atoms with Gasteiger partial charge < -0.3 is 10.3 Å². The van der Waals surface area contributed by atoms with Crippen LogP contribution in [0.1, 0.15) is 12.7 Å². The SMILES string of the molecule is CCn1cnnc1Cn1c(N)nc2cccnc21. The first-order valence-corrected chi connectivity index (χ1v) is 5.73. The standard InChI is InChI=1S/C11H13N7/c1-2-17-7-14-16-9(17)6-18-10-8(15-11(18)12)4-3-5-13-10/h3-5,7H,2,6H2,1H3,(H2,12,15). The van der Waals surface area contributed by atoms with Gasteiger partial charge in [-0.15, -0.1) is 10.2 Å². The smallest absolute Gasteiger partial charge is 0.202 e. The third-order valence-corrected chi connectivity index (χ3v) is 2.87. The first-order chi connectivity index (χ1) is 8.79. The van der Waals surface area contributed by atoms with E-state index in [0.29, 0.717) is 12.5 Å². The molecule has 7 nitrogen and oxygen atoms in total. The highest BCUT2D eigenvalue weighted by Gasteiger charge is 2.12. The summed E-state index contributed by atoms with van der Waals surface area (Å²) in [4.78, 5) is 8.57. The molecule has 0 aliphatic carbocycles. The molecule has 3 aromatic rings. The Hall–Kier alpha value is -2.44. The van der Waals surface area contributed by atoms with Gasteiger partial charge in [-0.05, 0) is 19.1 Å². The zero-order chi connectivity index (χ0) is 12.5. The van der Waals surface area contributed by atoms with Crippen LogP contribution in [0.2, 0.25) is 0 Å². The summed E-state index contributed by atoms with van der Waals surface area (Å²) in [5.41, 5.74) is 7.47. The number of fused-ring (bicyclic) bond motifs is 1. The van der Waals surface area contributed by atoms with E-state index in [9.17, 15) is 0 Å². The summed E-state index contributed by atoms with van der Waals surface area (Å²) < 4.78 is 3.81. The molecule has 2 N–H and O–H groups in total. The largest absolute Gasteiger partial charge is 0.369 e. The van der Waals surface area contributed by atoms with E-state index in [1.807, 2.05) is 28.2 Å². The number of hydrogen-bond acceptors (Lipinski definition) is 5.